The smallest absolute Gasteiger partial charge is 0.129 e. The van der Waals surface area contributed by atoms with Gasteiger partial charge in [0, 0.05) is 24.8 Å². The molecule has 0 saturated heterocycles. The van der Waals surface area contributed by atoms with E-state index in [-0.39, 0.29) is 0 Å². The molecule has 2 rings (SSSR count). The van der Waals surface area contributed by atoms with E-state index in [1.807, 2.05) is 7.05 Å². The Bertz CT molecular complexity index is 397. The van der Waals surface area contributed by atoms with Crippen LogP contribution >= 0.6 is 0 Å². The van der Waals surface area contributed by atoms with Crippen molar-refractivity contribution in [3.8, 4) is 0 Å². The van der Waals surface area contributed by atoms with Crippen LogP contribution in [0.4, 0.5) is 5.82 Å². The molecule has 1 aliphatic carbocycles. The Hall–Kier alpha value is -1.09. The summed E-state index contributed by atoms with van der Waals surface area (Å²) < 4.78 is 0. The van der Waals surface area contributed by atoms with Gasteiger partial charge in [-0.05, 0) is 45.4 Å². The first-order valence-corrected chi connectivity index (χ1v) is 7.64. The normalized spacial score (nSPS) is 16.6. The molecule has 0 unspecified atom stereocenters. The number of aromatic nitrogens is 1. The van der Waals surface area contributed by atoms with E-state index < -0.39 is 0 Å². The molecule has 1 aromatic rings. The fourth-order valence-corrected chi connectivity index (χ4v) is 3.11. The first-order valence-electron chi connectivity index (χ1n) is 7.64. The number of hydrogen-bond acceptors (Lipinski definition) is 3. The monoisotopic (exact) mass is 261 g/mol. The second-order valence-corrected chi connectivity index (χ2v) is 5.52. The van der Waals surface area contributed by atoms with Crippen LogP contribution in [0, 0.1) is 6.92 Å². The Balaban J connectivity index is 2.15. The molecule has 0 atom stereocenters. The van der Waals surface area contributed by atoms with Crippen LogP contribution in [0.2, 0.25) is 0 Å². The lowest BCUT2D eigenvalue weighted by Gasteiger charge is -2.34. The highest BCUT2D eigenvalue weighted by atomic mass is 15.2. The highest BCUT2D eigenvalue weighted by Gasteiger charge is 2.21. The van der Waals surface area contributed by atoms with Gasteiger partial charge in [-0.2, -0.15) is 0 Å². The van der Waals surface area contributed by atoms with Gasteiger partial charge in [-0.1, -0.05) is 25.3 Å². The van der Waals surface area contributed by atoms with Crippen LogP contribution in [-0.4, -0.2) is 24.6 Å². The zero-order valence-electron chi connectivity index (χ0n) is 12.6. The third kappa shape index (κ3) is 3.47. The Morgan fingerprint density at radius 3 is 2.58 bits per heavy atom. The number of anilines is 1. The van der Waals surface area contributed by atoms with Crippen molar-refractivity contribution in [1.29, 1.82) is 0 Å². The fourth-order valence-electron chi connectivity index (χ4n) is 3.11. The molecule has 1 aromatic heterocycles. The van der Waals surface area contributed by atoms with Gasteiger partial charge in [0.25, 0.3) is 0 Å². The minimum atomic E-state index is 0.695. The van der Waals surface area contributed by atoms with E-state index in [1.165, 1.54) is 37.7 Å². The summed E-state index contributed by atoms with van der Waals surface area (Å²) in [5, 5.41) is 3.20. The van der Waals surface area contributed by atoms with Crippen molar-refractivity contribution in [2.75, 3.05) is 18.5 Å². The van der Waals surface area contributed by atoms with Gasteiger partial charge in [-0.3, -0.25) is 0 Å². The molecule has 3 nitrogen and oxygen atoms in total. The van der Waals surface area contributed by atoms with Crippen molar-refractivity contribution < 1.29 is 0 Å². The highest BCUT2D eigenvalue weighted by molar-refractivity contribution is 5.42. The second kappa shape index (κ2) is 6.90. The number of aryl methyl sites for hydroxylation is 1. The number of pyridine rings is 1. The standard InChI is InChI=1S/C16H27N3/c1-4-19(15-8-6-5-7-9-15)16-11-10-14(12-17-3)13(2)18-16/h10-11,15,17H,4-9,12H2,1-3H3. The van der Waals surface area contributed by atoms with Gasteiger partial charge in [-0.15, -0.1) is 0 Å². The molecular formula is C16H27N3. The third-order valence-corrected chi connectivity index (χ3v) is 4.20. The predicted octanol–water partition coefficient (Wildman–Crippen LogP) is 3.27. The van der Waals surface area contributed by atoms with Crippen molar-refractivity contribution in [3.05, 3.63) is 23.4 Å². The van der Waals surface area contributed by atoms with Gasteiger partial charge < -0.3 is 10.2 Å². The van der Waals surface area contributed by atoms with Crippen molar-refractivity contribution in [1.82, 2.24) is 10.3 Å². The van der Waals surface area contributed by atoms with Crippen molar-refractivity contribution >= 4 is 5.82 Å². The van der Waals surface area contributed by atoms with Crippen molar-refractivity contribution in [3.63, 3.8) is 0 Å². The largest absolute Gasteiger partial charge is 0.354 e. The van der Waals surface area contributed by atoms with Crippen LogP contribution in [0.1, 0.15) is 50.3 Å². The van der Waals surface area contributed by atoms with Crippen LogP contribution in [0.25, 0.3) is 0 Å². The van der Waals surface area contributed by atoms with E-state index in [0.717, 1.165) is 24.6 Å². The third-order valence-electron chi connectivity index (χ3n) is 4.20. The second-order valence-electron chi connectivity index (χ2n) is 5.52. The topological polar surface area (TPSA) is 28.2 Å². The summed E-state index contributed by atoms with van der Waals surface area (Å²) in [6.45, 7) is 6.31. The SMILES string of the molecule is CCN(c1ccc(CNC)c(C)n1)C1CCCCC1. The number of rotatable bonds is 5. The van der Waals surface area contributed by atoms with Gasteiger partial charge in [0.15, 0.2) is 0 Å². The van der Waals surface area contributed by atoms with Gasteiger partial charge >= 0.3 is 0 Å². The molecule has 106 valence electrons. The zero-order valence-corrected chi connectivity index (χ0v) is 12.6. The molecule has 1 N–H and O–H groups in total. The molecule has 0 amide bonds. The van der Waals surface area contributed by atoms with Crippen molar-refractivity contribution in [2.45, 2.75) is 58.5 Å². The Morgan fingerprint density at radius 1 is 1.26 bits per heavy atom. The molecule has 0 spiro atoms. The van der Waals surface area contributed by atoms with E-state index in [4.69, 9.17) is 4.98 Å². The first kappa shape index (κ1) is 14.3. The van der Waals surface area contributed by atoms with Gasteiger partial charge in [-0.25, -0.2) is 4.98 Å². The average molecular weight is 261 g/mol. The molecule has 1 fully saturated rings. The molecule has 3 heteroatoms. The summed E-state index contributed by atoms with van der Waals surface area (Å²) >= 11 is 0. The molecule has 19 heavy (non-hydrogen) atoms. The molecule has 0 bridgehead atoms. The fraction of sp³-hybridized carbons (Fsp3) is 0.688. The summed E-state index contributed by atoms with van der Waals surface area (Å²) in [5.74, 6) is 1.16. The maximum absolute atomic E-state index is 4.82. The van der Waals surface area contributed by atoms with Gasteiger partial charge in [0.05, 0.1) is 0 Å². The lowest BCUT2D eigenvalue weighted by Crippen LogP contribution is -2.37. The maximum Gasteiger partial charge on any atom is 0.129 e. The van der Waals surface area contributed by atoms with Crippen LogP contribution in [0.15, 0.2) is 12.1 Å². The summed E-state index contributed by atoms with van der Waals surface area (Å²) in [6, 6.07) is 5.11. The quantitative estimate of drug-likeness (QED) is 0.881. The summed E-state index contributed by atoms with van der Waals surface area (Å²) in [7, 11) is 1.98. The lowest BCUT2D eigenvalue weighted by atomic mass is 9.94. The minimum absolute atomic E-state index is 0.695. The first-order chi connectivity index (χ1) is 9.26. The Labute approximate surface area is 117 Å². The van der Waals surface area contributed by atoms with Crippen LogP contribution < -0.4 is 10.2 Å². The van der Waals surface area contributed by atoms with E-state index in [2.05, 4.69) is 36.2 Å². The van der Waals surface area contributed by atoms with E-state index in [0.29, 0.717) is 6.04 Å². The van der Waals surface area contributed by atoms with Crippen LogP contribution in [0.3, 0.4) is 0 Å². The zero-order chi connectivity index (χ0) is 13.7. The molecule has 1 aliphatic rings. The van der Waals surface area contributed by atoms with Gasteiger partial charge in [0.2, 0.25) is 0 Å². The van der Waals surface area contributed by atoms with E-state index in [9.17, 15) is 0 Å². The van der Waals surface area contributed by atoms with Crippen LogP contribution in [0.5, 0.6) is 0 Å². The number of nitrogens with zero attached hydrogens (tertiary/aromatic N) is 2. The minimum Gasteiger partial charge on any atom is -0.354 e. The number of nitrogens with one attached hydrogen (secondary N) is 1. The van der Waals surface area contributed by atoms with E-state index in [1.54, 1.807) is 0 Å². The Kier molecular flexibility index (Phi) is 5.20. The molecule has 0 aromatic carbocycles. The van der Waals surface area contributed by atoms with Gasteiger partial charge in [0.1, 0.15) is 5.82 Å². The predicted molar refractivity (Wildman–Crippen MR) is 81.6 cm³/mol. The lowest BCUT2D eigenvalue weighted by molar-refractivity contribution is 0.416. The average Bonchev–Trinajstić information content (AvgIpc) is 2.44. The summed E-state index contributed by atoms with van der Waals surface area (Å²) in [6.07, 6.45) is 6.80. The number of hydrogen-bond donors (Lipinski definition) is 1. The van der Waals surface area contributed by atoms with Crippen LogP contribution in [-0.2, 0) is 6.54 Å². The summed E-state index contributed by atoms with van der Waals surface area (Å²) in [4.78, 5) is 7.32. The van der Waals surface area contributed by atoms with E-state index >= 15 is 0 Å². The van der Waals surface area contributed by atoms with Crippen molar-refractivity contribution in [2.24, 2.45) is 0 Å². The molecule has 1 saturated carbocycles. The summed E-state index contributed by atoms with van der Waals surface area (Å²) in [5.41, 5.74) is 2.45. The Morgan fingerprint density at radius 2 is 2.00 bits per heavy atom. The molecular weight excluding hydrogens is 234 g/mol. The maximum atomic E-state index is 4.82. The molecule has 0 radical (unpaired) electrons. The molecule has 0 aliphatic heterocycles. The molecule has 1 heterocycles. The highest BCUT2D eigenvalue weighted by Crippen LogP contribution is 2.26.